The summed E-state index contributed by atoms with van der Waals surface area (Å²) >= 11 is 1.41. The fourth-order valence-electron chi connectivity index (χ4n) is 4.04. The van der Waals surface area contributed by atoms with Gasteiger partial charge in [0, 0.05) is 43.8 Å². The van der Waals surface area contributed by atoms with E-state index in [4.69, 9.17) is 20.2 Å². The first-order chi connectivity index (χ1) is 15.0. The Labute approximate surface area is 185 Å². The first kappa shape index (κ1) is 20.1. The molecule has 0 bridgehead atoms. The van der Waals surface area contributed by atoms with Crippen molar-refractivity contribution in [3.8, 4) is 11.5 Å². The summed E-state index contributed by atoms with van der Waals surface area (Å²) in [6.07, 6.45) is 0. The topological polar surface area (TPSA) is 80.9 Å². The van der Waals surface area contributed by atoms with E-state index in [0.29, 0.717) is 29.6 Å². The Hall–Kier alpha value is -2.84. The first-order valence-electron chi connectivity index (χ1n) is 10.6. The van der Waals surface area contributed by atoms with Crippen molar-refractivity contribution >= 4 is 33.1 Å². The van der Waals surface area contributed by atoms with Crippen LogP contribution in [0.5, 0.6) is 11.5 Å². The highest BCUT2D eigenvalue weighted by atomic mass is 32.1. The lowest BCUT2D eigenvalue weighted by Crippen LogP contribution is -2.48. The monoisotopic (exact) mass is 438 g/mol. The van der Waals surface area contributed by atoms with Gasteiger partial charge in [0.05, 0.1) is 5.69 Å². The number of rotatable bonds is 4. The molecule has 0 radical (unpaired) electrons. The predicted octanol–water partition coefficient (Wildman–Crippen LogP) is 3.69. The number of anilines is 1. The van der Waals surface area contributed by atoms with Crippen molar-refractivity contribution in [1.82, 2.24) is 14.8 Å². The molecule has 0 saturated carbocycles. The van der Waals surface area contributed by atoms with Crippen molar-refractivity contribution < 1.29 is 14.3 Å². The third kappa shape index (κ3) is 3.81. The molecule has 2 aromatic heterocycles. The Balaban J connectivity index is 1.25. The first-order valence-corrected chi connectivity index (χ1v) is 11.4. The Bertz CT molecular complexity index is 1140. The number of ether oxygens (including phenoxy) is 2. The summed E-state index contributed by atoms with van der Waals surface area (Å²) in [5, 5.41) is 0.874. The Morgan fingerprint density at radius 2 is 1.90 bits per heavy atom. The van der Waals surface area contributed by atoms with Crippen LogP contribution in [-0.2, 0) is 6.54 Å². The molecule has 0 unspecified atom stereocenters. The van der Waals surface area contributed by atoms with Gasteiger partial charge in [-0.2, -0.15) is 0 Å². The van der Waals surface area contributed by atoms with Crippen LogP contribution in [0.25, 0.3) is 10.2 Å². The standard InChI is InChI=1S/C23H26N4O3S/c1-14(2)17-5-4-16-20(24)21(31-22(16)25-17)23(28)27-9-7-26(8-10-27)12-15-3-6-18-19(11-15)30-13-29-18/h3-6,11,14H,7-10,12-13,24H2,1-2H3. The number of nitrogens with zero attached hydrogens (tertiary/aromatic N) is 3. The van der Waals surface area contributed by atoms with E-state index in [0.717, 1.165) is 47.0 Å². The van der Waals surface area contributed by atoms with E-state index < -0.39 is 0 Å². The maximum absolute atomic E-state index is 13.2. The van der Waals surface area contributed by atoms with Crippen LogP contribution >= 0.6 is 11.3 Å². The largest absolute Gasteiger partial charge is 0.454 e. The van der Waals surface area contributed by atoms with Gasteiger partial charge < -0.3 is 20.1 Å². The number of nitrogen functional groups attached to an aromatic ring is 1. The van der Waals surface area contributed by atoms with Crippen molar-refractivity contribution in [2.75, 3.05) is 38.7 Å². The van der Waals surface area contributed by atoms with Crippen LogP contribution in [0.2, 0.25) is 0 Å². The molecule has 1 amide bonds. The van der Waals surface area contributed by atoms with E-state index in [1.807, 2.05) is 29.2 Å². The minimum Gasteiger partial charge on any atom is -0.454 e. The molecule has 0 spiro atoms. The Morgan fingerprint density at radius 3 is 2.68 bits per heavy atom. The van der Waals surface area contributed by atoms with Gasteiger partial charge in [0.25, 0.3) is 5.91 Å². The quantitative estimate of drug-likeness (QED) is 0.669. The third-order valence-corrected chi connectivity index (χ3v) is 7.01. The molecule has 162 valence electrons. The number of aromatic nitrogens is 1. The van der Waals surface area contributed by atoms with E-state index >= 15 is 0 Å². The normalized spacial score (nSPS) is 16.4. The SMILES string of the molecule is CC(C)c1ccc2c(N)c(C(=O)N3CCN(Cc4ccc5c(c4)OCO5)CC3)sc2n1. The second-order valence-electron chi connectivity index (χ2n) is 8.34. The van der Waals surface area contributed by atoms with Crippen LogP contribution in [0.3, 0.4) is 0 Å². The summed E-state index contributed by atoms with van der Waals surface area (Å²) in [4.78, 5) is 23.6. The molecule has 2 N–H and O–H groups in total. The van der Waals surface area contributed by atoms with Crippen molar-refractivity contribution in [2.24, 2.45) is 0 Å². The summed E-state index contributed by atoms with van der Waals surface area (Å²) in [6.45, 7) is 8.34. The van der Waals surface area contributed by atoms with Gasteiger partial charge in [0.15, 0.2) is 11.5 Å². The van der Waals surface area contributed by atoms with Crippen molar-refractivity contribution in [3.63, 3.8) is 0 Å². The number of carbonyl (C=O) groups excluding carboxylic acids is 1. The number of piperazine rings is 1. The molecular formula is C23H26N4O3S. The fraction of sp³-hybridized carbons (Fsp3) is 0.391. The maximum Gasteiger partial charge on any atom is 0.266 e. The number of benzene rings is 1. The number of carbonyl (C=O) groups is 1. The summed E-state index contributed by atoms with van der Waals surface area (Å²) in [6, 6.07) is 10.1. The van der Waals surface area contributed by atoms with E-state index in [1.54, 1.807) is 0 Å². The zero-order valence-corrected chi connectivity index (χ0v) is 18.6. The highest BCUT2D eigenvalue weighted by Crippen LogP contribution is 2.35. The molecule has 8 heteroatoms. The molecule has 1 fully saturated rings. The summed E-state index contributed by atoms with van der Waals surface area (Å²) in [5.74, 6) is 1.95. The van der Waals surface area contributed by atoms with Gasteiger partial charge in [0.2, 0.25) is 6.79 Å². The number of fused-ring (bicyclic) bond motifs is 2. The minimum absolute atomic E-state index is 0.00864. The van der Waals surface area contributed by atoms with E-state index in [-0.39, 0.29) is 12.7 Å². The lowest BCUT2D eigenvalue weighted by molar-refractivity contribution is 0.0634. The minimum atomic E-state index is 0.00864. The van der Waals surface area contributed by atoms with Gasteiger partial charge in [-0.05, 0) is 35.7 Å². The van der Waals surface area contributed by atoms with Crippen molar-refractivity contribution in [1.29, 1.82) is 0 Å². The molecule has 0 aliphatic carbocycles. The second kappa shape index (κ2) is 8.01. The number of hydrogen-bond acceptors (Lipinski definition) is 7. The van der Waals surface area contributed by atoms with Gasteiger partial charge in [-0.1, -0.05) is 19.9 Å². The van der Waals surface area contributed by atoms with Crippen molar-refractivity contribution in [3.05, 3.63) is 46.5 Å². The van der Waals surface area contributed by atoms with Gasteiger partial charge in [-0.3, -0.25) is 9.69 Å². The van der Waals surface area contributed by atoms with Crippen LogP contribution in [-0.4, -0.2) is 53.7 Å². The molecule has 1 saturated heterocycles. The van der Waals surface area contributed by atoms with E-state index in [1.165, 1.54) is 16.9 Å². The van der Waals surface area contributed by atoms with Gasteiger partial charge in [-0.25, -0.2) is 4.98 Å². The lowest BCUT2D eigenvalue weighted by Gasteiger charge is -2.34. The zero-order chi connectivity index (χ0) is 21.5. The molecule has 3 aromatic rings. The average molecular weight is 439 g/mol. The number of amides is 1. The third-order valence-electron chi connectivity index (χ3n) is 5.90. The van der Waals surface area contributed by atoms with Gasteiger partial charge >= 0.3 is 0 Å². The summed E-state index contributed by atoms with van der Waals surface area (Å²) < 4.78 is 10.9. The smallest absolute Gasteiger partial charge is 0.266 e. The van der Waals surface area contributed by atoms with Crippen molar-refractivity contribution in [2.45, 2.75) is 26.3 Å². The van der Waals surface area contributed by atoms with Crippen LogP contribution in [0.1, 0.15) is 40.7 Å². The van der Waals surface area contributed by atoms with Crippen LogP contribution in [0.4, 0.5) is 5.69 Å². The van der Waals surface area contributed by atoms with Crippen LogP contribution in [0, 0.1) is 0 Å². The summed E-state index contributed by atoms with van der Waals surface area (Å²) in [5.41, 5.74) is 9.09. The Morgan fingerprint density at radius 1 is 1.13 bits per heavy atom. The Kier molecular flexibility index (Phi) is 5.19. The molecule has 7 nitrogen and oxygen atoms in total. The molecular weight excluding hydrogens is 412 g/mol. The maximum atomic E-state index is 13.2. The molecule has 2 aliphatic rings. The summed E-state index contributed by atoms with van der Waals surface area (Å²) in [7, 11) is 0. The average Bonchev–Trinajstić information content (AvgIpc) is 3.37. The zero-order valence-electron chi connectivity index (χ0n) is 17.8. The number of hydrogen-bond donors (Lipinski definition) is 1. The molecule has 31 heavy (non-hydrogen) atoms. The molecule has 4 heterocycles. The highest BCUT2D eigenvalue weighted by Gasteiger charge is 2.26. The fourth-order valence-corrected chi connectivity index (χ4v) is 5.11. The number of pyridine rings is 1. The van der Waals surface area contributed by atoms with Crippen LogP contribution in [0.15, 0.2) is 30.3 Å². The molecule has 0 atom stereocenters. The van der Waals surface area contributed by atoms with Crippen LogP contribution < -0.4 is 15.2 Å². The molecule has 2 aliphatic heterocycles. The van der Waals surface area contributed by atoms with E-state index in [9.17, 15) is 4.79 Å². The van der Waals surface area contributed by atoms with Gasteiger partial charge in [0.1, 0.15) is 9.71 Å². The van der Waals surface area contributed by atoms with E-state index in [2.05, 4.69) is 24.8 Å². The van der Waals surface area contributed by atoms with Gasteiger partial charge in [-0.15, -0.1) is 11.3 Å². The lowest BCUT2D eigenvalue weighted by atomic mass is 10.1. The molecule has 5 rings (SSSR count). The number of nitrogens with two attached hydrogens (primary N) is 1. The highest BCUT2D eigenvalue weighted by molar-refractivity contribution is 7.21. The second-order valence-corrected chi connectivity index (χ2v) is 9.34. The molecule has 1 aromatic carbocycles. The predicted molar refractivity (Wildman–Crippen MR) is 122 cm³/mol. The number of thiophene rings is 1.